The van der Waals surface area contributed by atoms with Crippen molar-refractivity contribution in [3.63, 3.8) is 0 Å². The number of aliphatic hydroxyl groups is 1. The van der Waals surface area contributed by atoms with Crippen LogP contribution in [0.2, 0.25) is 0 Å². The molecule has 0 saturated carbocycles. The Morgan fingerprint density at radius 3 is 2.52 bits per heavy atom. The normalized spacial score (nSPS) is 17.3. The van der Waals surface area contributed by atoms with E-state index in [1.165, 1.54) is 18.1 Å². The van der Waals surface area contributed by atoms with Crippen LogP contribution in [0.1, 0.15) is 23.6 Å². The number of amides is 1. The number of benzene rings is 2. The van der Waals surface area contributed by atoms with E-state index in [-0.39, 0.29) is 29.4 Å². The molecule has 1 unspecified atom stereocenters. The summed E-state index contributed by atoms with van der Waals surface area (Å²) >= 11 is 0. The van der Waals surface area contributed by atoms with Gasteiger partial charge in [0.05, 0.1) is 18.7 Å². The largest absolute Gasteiger partial charge is 0.507 e. The van der Waals surface area contributed by atoms with Crippen LogP contribution in [0.15, 0.2) is 60.7 Å². The topological polar surface area (TPSA) is 106 Å². The Balaban J connectivity index is 2.08. The number of rotatable bonds is 10. The third-order valence-electron chi connectivity index (χ3n) is 5.30. The summed E-state index contributed by atoms with van der Waals surface area (Å²) in [5.74, 6) is -1.10. The molecule has 2 aromatic carbocycles. The summed E-state index contributed by atoms with van der Waals surface area (Å²) in [6.07, 6.45) is 2.12. The van der Waals surface area contributed by atoms with E-state index in [9.17, 15) is 19.8 Å². The molecule has 2 aromatic rings. The Labute approximate surface area is 192 Å². The van der Waals surface area contributed by atoms with Crippen molar-refractivity contribution in [3.05, 3.63) is 71.8 Å². The smallest absolute Gasteiger partial charge is 0.295 e. The number of Topliss-reactive ketones (excluding diaryl/α,β-unsaturated/α-hetero) is 1. The molecular weight excluding hydrogens is 426 g/mol. The summed E-state index contributed by atoms with van der Waals surface area (Å²) in [6, 6.07) is 10.3. The van der Waals surface area contributed by atoms with E-state index in [1.807, 2.05) is 0 Å². The molecule has 1 aliphatic heterocycles. The zero-order chi connectivity index (χ0) is 24.0. The Bertz CT molecular complexity index is 1060. The third kappa shape index (κ3) is 5.01. The second kappa shape index (κ2) is 10.7. The van der Waals surface area contributed by atoms with Crippen molar-refractivity contribution in [2.24, 2.45) is 0 Å². The van der Waals surface area contributed by atoms with Gasteiger partial charge >= 0.3 is 0 Å². The van der Waals surface area contributed by atoms with Crippen molar-refractivity contribution in [2.45, 2.75) is 12.5 Å². The first kappa shape index (κ1) is 23.9. The van der Waals surface area contributed by atoms with Gasteiger partial charge in [0, 0.05) is 25.8 Å². The van der Waals surface area contributed by atoms with E-state index in [4.69, 9.17) is 14.2 Å². The van der Waals surface area contributed by atoms with E-state index >= 15 is 0 Å². The fraction of sp³-hybridized carbons (Fsp3) is 0.280. The summed E-state index contributed by atoms with van der Waals surface area (Å²) in [7, 11) is 2.96. The number of ether oxygens (including phenoxy) is 3. The number of methoxy groups -OCH3 is 2. The standard InChI is InChI=1S/C25H27NO7/c1-4-13-33-18-9-6-16(7-10-18)23(28)21-22(17-8-11-19(27)20(15-17)32-3)26(12-5-14-31-2)25(30)24(21)29/h4,6-11,15,22,27-28H,1,5,12-14H2,2-3H3/b23-21-. The fourth-order valence-corrected chi connectivity index (χ4v) is 3.72. The van der Waals surface area contributed by atoms with E-state index in [1.54, 1.807) is 49.6 Å². The lowest BCUT2D eigenvalue weighted by molar-refractivity contribution is -0.140. The van der Waals surface area contributed by atoms with Crippen LogP contribution in [0.5, 0.6) is 17.2 Å². The van der Waals surface area contributed by atoms with E-state index in [2.05, 4.69) is 6.58 Å². The first-order valence-corrected chi connectivity index (χ1v) is 10.4. The van der Waals surface area contributed by atoms with Crippen LogP contribution in [-0.4, -0.2) is 60.8 Å². The van der Waals surface area contributed by atoms with Crippen LogP contribution in [0.4, 0.5) is 0 Å². The Hall–Kier alpha value is -3.78. The maximum absolute atomic E-state index is 13.0. The number of nitrogens with zero attached hydrogens (tertiary/aromatic N) is 1. The summed E-state index contributed by atoms with van der Waals surface area (Å²) in [5.41, 5.74) is 0.852. The van der Waals surface area contributed by atoms with Crippen molar-refractivity contribution in [1.29, 1.82) is 0 Å². The minimum atomic E-state index is -0.854. The quantitative estimate of drug-likeness (QED) is 0.187. The van der Waals surface area contributed by atoms with E-state index in [0.29, 0.717) is 36.5 Å². The molecule has 0 radical (unpaired) electrons. The highest BCUT2D eigenvalue weighted by Gasteiger charge is 2.46. The Kier molecular flexibility index (Phi) is 7.74. The predicted molar refractivity (Wildman–Crippen MR) is 122 cm³/mol. The highest BCUT2D eigenvalue weighted by Crippen LogP contribution is 2.41. The second-order valence-electron chi connectivity index (χ2n) is 7.39. The minimum absolute atomic E-state index is 0.0371. The predicted octanol–water partition coefficient (Wildman–Crippen LogP) is 3.42. The zero-order valence-corrected chi connectivity index (χ0v) is 18.6. The van der Waals surface area contributed by atoms with Crippen LogP contribution < -0.4 is 9.47 Å². The maximum Gasteiger partial charge on any atom is 0.295 e. The highest BCUT2D eigenvalue weighted by atomic mass is 16.5. The molecule has 8 heteroatoms. The van der Waals surface area contributed by atoms with Gasteiger partial charge in [-0.3, -0.25) is 9.59 Å². The minimum Gasteiger partial charge on any atom is -0.507 e. The number of ketones is 1. The van der Waals surface area contributed by atoms with E-state index < -0.39 is 17.7 Å². The number of aliphatic hydroxyl groups excluding tert-OH is 1. The zero-order valence-electron chi connectivity index (χ0n) is 18.6. The summed E-state index contributed by atoms with van der Waals surface area (Å²) in [5, 5.41) is 21.1. The van der Waals surface area contributed by atoms with Gasteiger partial charge in [0.15, 0.2) is 11.5 Å². The van der Waals surface area contributed by atoms with Crippen molar-refractivity contribution in [1.82, 2.24) is 4.90 Å². The molecule has 1 saturated heterocycles. The first-order valence-electron chi connectivity index (χ1n) is 10.4. The van der Waals surface area contributed by atoms with Crippen molar-refractivity contribution in [2.75, 3.05) is 34.0 Å². The van der Waals surface area contributed by atoms with E-state index in [0.717, 1.165) is 0 Å². The number of aromatic hydroxyl groups is 1. The molecule has 2 N–H and O–H groups in total. The van der Waals surface area contributed by atoms with Crippen LogP contribution in [-0.2, 0) is 14.3 Å². The molecule has 1 fully saturated rings. The molecule has 0 bridgehead atoms. The number of hydrogen-bond acceptors (Lipinski definition) is 7. The van der Waals surface area contributed by atoms with Crippen LogP contribution >= 0.6 is 0 Å². The van der Waals surface area contributed by atoms with Crippen LogP contribution in [0.25, 0.3) is 5.76 Å². The molecule has 1 atom stereocenters. The SMILES string of the molecule is C=CCOc1ccc(/C(O)=C2/C(=O)C(=O)N(CCCOC)C2c2ccc(O)c(OC)c2)cc1. The van der Waals surface area contributed by atoms with Gasteiger partial charge in [0.1, 0.15) is 18.1 Å². The number of hydrogen-bond donors (Lipinski definition) is 2. The number of phenols is 1. The molecule has 8 nitrogen and oxygen atoms in total. The molecule has 1 aliphatic rings. The number of carbonyl (C=O) groups is 2. The molecule has 1 heterocycles. The fourth-order valence-electron chi connectivity index (χ4n) is 3.72. The average molecular weight is 453 g/mol. The number of likely N-dealkylation sites (tertiary alicyclic amines) is 1. The molecule has 1 amide bonds. The van der Waals surface area contributed by atoms with Crippen LogP contribution in [0, 0.1) is 0 Å². The van der Waals surface area contributed by atoms with Gasteiger partial charge in [0.2, 0.25) is 0 Å². The monoisotopic (exact) mass is 453 g/mol. The number of carbonyl (C=O) groups excluding carboxylic acids is 2. The lowest BCUT2D eigenvalue weighted by Gasteiger charge is -2.25. The summed E-state index contributed by atoms with van der Waals surface area (Å²) < 4.78 is 15.7. The molecule has 33 heavy (non-hydrogen) atoms. The molecule has 0 aliphatic carbocycles. The molecule has 0 spiro atoms. The lowest BCUT2D eigenvalue weighted by atomic mass is 9.95. The maximum atomic E-state index is 13.0. The molecule has 174 valence electrons. The van der Waals surface area contributed by atoms with Gasteiger partial charge in [0.25, 0.3) is 11.7 Å². The first-order chi connectivity index (χ1) is 15.9. The van der Waals surface area contributed by atoms with Gasteiger partial charge in [-0.15, -0.1) is 0 Å². The third-order valence-corrected chi connectivity index (χ3v) is 5.30. The van der Waals surface area contributed by atoms with Gasteiger partial charge in [-0.05, 0) is 48.4 Å². The second-order valence-corrected chi connectivity index (χ2v) is 7.39. The summed E-state index contributed by atoms with van der Waals surface area (Å²) in [4.78, 5) is 27.3. The van der Waals surface area contributed by atoms with Gasteiger partial charge in [-0.1, -0.05) is 18.7 Å². The van der Waals surface area contributed by atoms with Gasteiger partial charge in [-0.25, -0.2) is 0 Å². The Morgan fingerprint density at radius 2 is 1.88 bits per heavy atom. The highest BCUT2D eigenvalue weighted by molar-refractivity contribution is 6.46. The van der Waals surface area contributed by atoms with Gasteiger partial charge in [-0.2, -0.15) is 0 Å². The molecular formula is C25H27NO7. The van der Waals surface area contributed by atoms with Crippen molar-refractivity contribution >= 4 is 17.4 Å². The van der Waals surface area contributed by atoms with Gasteiger partial charge < -0.3 is 29.3 Å². The Morgan fingerprint density at radius 1 is 1.15 bits per heavy atom. The molecule has 3 rings (SSSR count). The average Bonchev–Trinajstić information content (AvgIpc) is 3.08. The lowest BCUT2D eigenvalue weighted by Crippen LogP contribution is -2.31. The summed E-state index contributed by atoms with van der Waals surface area (Å²) in [6.45, 7) is 4.58. The van der Waals surface area contributed by atoms with Crippen molar-refractivity contribution < 1.29 is 34.0 Å². The van der Waals surface area contributed by atoms with Crippen LogP contribution in [0.3, 0.4) is 0 Å². The number of phenolic OH excluding ortho intramolecular Hbond substituents is 1. The molecule has 0 aromatic heterocycles. The van der Waals surface area contributed by atoms with Crippen molar-refractivity contribution in [3.8, 4) is 17.2 Å².